The van der Waals surface area contributed by atoms with Gasteiger partial charge in [0.05, 0.1) is 0 Å². The molecule has 0 bridgehead atoms. The fourth-order valence-electron chi connectivity index (χ4n) is 1.98. The van der Waals surface area contributed by atoms with Crippen LogP contribution >= 0.6 is 27.3 Å². The number of thiophene rings is 1. The Hall–Kier alpha value is -0.730. The van der Waals surface area contributed by atoms with E-state index in [1.54, 1.807) is 11.4 Å². The summed E-state index contributed by atoms with van der Waals surface area (Å²) in [7, 11) is -3.50. The quantitative estimate of drug-likeness (QED) is 0.792. The fraction of sp³-hybridized carbons (Fsp3) is 0.286. The molecule has 21 heavy (non-hydrogen) atoms. The predicted octanol–water partition coefficient (Wildman–Crippen LogP) is 2.70. The Balaban J connectivity index is 2.17. The molecule has 4 nitrogen and oxygen atoms in total. The topological polar surface area (TPSA) is 63.4 Å². The summed E-state index contributed by atoms with van der Waals surface area (Å²) in [6, 6.07) is 11.6. The molecule has 0 aliphatic heterocycles. The van der Waals surface area contributed by atoms with E-state index in [0.717, 1.165) is 5.56 Å². The van der Waals surface area contributed by atoms with Crippen LogP contribution in [-0.2, 0) is 16.4 Å². The summed E-state index contributed by atoms with van der Waals surface area (Å²) >= 11 is 4.51. The second kappa shape index (κ2) is 7.51. The first-order chi connectivity index (χ1) is 10.1. The molecule has 1 heterocycles. The molecular formula is C14H17BrN2O2S2. The van der Waals surface area contributed by atoms with Crippen LogP contribution in [0.1, 0.15) is 5.56 Å². The number of benzene rings is 1. The molecule has 7 heteroatoms. The minimum absolute atomic E-state index is 0.303. The maximum Gasteiger partial charge on any atom is 0.253 e. The summed E-state index contributed by atoms with van der Waals surface area (Å²) in [5.74, 6) is 0. The lowest BCUT2D eigenvalue weighted by Gasteiger charge is -2.21. The molecular weight excluding hydrogens is 372 g/mol. The van der Waals surface area contributed by atoms with Crippen LogP contribution in [0.25, 0.3) is 0 Å². The van der Waals surface area contributed by atoms with E-state index in [1.165, 1.54) is 15.6 Å². The lowest BCUT2D eigenvalue weighted by Crippen LogP contribution is -2.36. The molecule has 0 atom stereocenters. The molecule has 2 aromatic rings. The highest BCUT2D eigenvalue weighted by molar-refractivity contribution is 9.10. The van der Waals surface area contributed by atoms with Crippen molar-refractivity contribution in [2.75, 3.05) is 19.6 Å². The summed E-state index contributed by atoms with van der Waals surface area (Å²) < 4.78 is 27.8. The van der Waals surface area contributed by atoms with Crippen molar-refractivity contribution < 1.29 is 8.42 Å². The Morgan fingerprint density at radius 1 is 1.14 bits per heavy atom. The van der Waals surface area contributed by atoms with E-state index in [-0.39, 0.29) is 0 Å². The van der Waals surface area contributed by atoms with Crippen LogP contribution in [0, 0.1) is 0 Å². The first kappa shape index (κ1) is 16.6. The van der Waals surface area contributed by atoms with Crippen molar-refractivity contribution in [3.63, 3.8) is 0 Å². The largest absolute Gasteiger partial charge is 0.329 e. The van der Waals surface area contributed by atoms with Crippen molar-refractivity contribution in [1.29, 1.82) is 0 Å². The minimum Gasteiger partial charge on any atom is -0.329 e. The number of sulfonamides is 1. The first-order valence-electron chi connectivity index (χ1n) is 6.53. The van der Waals surface area contributed by atoms with E-state index in [0.29, 0.717) is 34.7 Å². The molecule has 114 valence electrons. The van der Waals surface area contributed by atoms with Crippen LogP contribution in [0.2, 0.25) is 0 Å². The van der Waals surface area contributed by atoms with Crippen LogP contribution in [0.15, 0.2) is 50.5 Å². The molecule has 0 spiro atoms. The van der Waals surface area contributed by atoms with Crippen molar-refractivity contribution in [2.45, 2.75) is 10.6 Å². The van der Waals surface area contributed by atoms with Gasteiger partial charge in [-0.2, -0.15) is 4.31 Å². The summed E-state index contributed by atoms with van der Waals surface area (Å²) in [6.45, 7) is 1.05. The lowest BCUT2D eigenvalue weighted by molar-refractivity contribution is 0.423. The average molecular weight is 389 g/mol. The van der Waals surface area contributed by atoms with E-state index >= 15 is 0 Å². The number of nitrogens with zero attached hydrogens (tertiary/aromatic N) is 1. The third-order valence-corrected chi connectivity index (χ3v) is 7.58. The van der Waals surface area contributed by atoms with Gasteiger partial charge < -0.3 is 5.73 Å². The van der Waals surface area contributed by atoms with Crippen molar-refractivity contribution >= 4 is 37.3 Å². The number of hydrogen-bond donors (Lipinski definition) is 1. The molecule has 1 aromatic heterocycles. The Kier molecular flexibility index (Phi) is 5.95. The molecule has 0 saturated carbocycles. The number of halogens is 1. The smallest absolute Gasteiger partial charge is 0.253 e. The van der Waals surface area contributed by atoms with Gasteiger partial charge in [0.15, 0.2) is 0 Å². The van der Waals surface area contributed by atoms with Gasteiger partial charge in [0.25, 0.3) is 10.0 Å². The van der Waals surface area contributed by atoms with Crippen LogP contribution in [-0.4, -0.2) is 32.4 Å². The normalized spacial score (nSPS) is 12.0. The van der Waals surface area contributed by atoms with E-state index < -0.39 is 10.0 Å². The Labute approximate surface area is 137 Å². The third kappa shape index (κ3) is 4.14. The molecule has 2 N–H and O–H groups in total. The second-order valence-corrected chi connectivity index (χ2v) is 8.39. The predicted molar refractivity (Wildman–Crippen MR) is 90.0 cm³/mol. The molecule has 0 aliphatic rings. The number of rotatable bonds is 7. The summed E-state index contributed by atoms with van der Waals surface area (Å²) in [5.41, 5.74) is 6.68. The van der Waals surface area contributed by atoms with Gasteiger partial charge >= 0.3 is 0 Å². The third-order valence-electron chi connectivity index (χ3n) is 3.03. The average Bonchev–Trinajstić information content (AvgIpc) is 2.91. The van der Waals surface area contributed by atoms with Gasteiger partial charge in [0, 0.05) is 24.1 Å². The molecule has 0 fully saturated rings. The highest BCUT2D eigenvalue weighted by atomic mass is 79.9. The zero-order valence-corrected chi connectivity index (χ0v) is 14.6. The Morgan fingerprint density at radius 3 is 2.43 bits per heavy atom. The van der Waals surface area contributed by atoms with Crippen molar-refractivity contribution in [3.05, 3.63) is 51.8 Å². The van der Waals surface area contributed by atoms with E-state index in [1.807, 2.05) is 30.3 Å². The summed E-state index contributed by atoms with van der Waals surface area (Å²) in [6.07, 6.45) is 0.670. The zero-order chi connectivity index (χ0) is 15.3. The van der Waals surface area contributed by atoms with Crippen molar-refractivity contribution in [2.24, 2.45) is 5.73 Å². The van der Waals surface area contributed by atoms with E-state index in [4.69, 9.17) is 5.73 Å². The van der Waals surface area contributed by atoms with Crippen LogP contribution < -0.4 is 5.73 Å². The summed E-state index contributed by atoms with van der Waals surface area (Å²) in [4.78, 5) is 0. The monoisotopic (exact) mass is 388 g/mol. The first-order valence-corrected chi connectivity index (χ1v) is 9.64. The van der Waals surface area contributed by atoms with E-state index in [9.17, 15) is 8.42 Å². The molecule has 2 rings (SSSR count). The molecule has 0 saturated heterocycles. The lowest BCUT2D eigenvalue weighted by atomic mass is 10.1. The molecule has 0 aliphatic carbocycles. The van der Waals surface area contributed by atoms with Gasteiger partial charge in [0.1, 0.15) is 4.21 Å². The number of hydrogen-bond acceptors (Lipinski definition) is 4. The van der Waals surface area contributed by atoms with Gasteiger partial charge in [-0.05, 0) is 39.4 Å². The maximum absolute atomic E-state index is 12.7. The molecule has 0 unspecified atom stereocenters. The standard InChI is InChI=1S/C14H17BrN2O2S2/c15-13-7-11-20-14(13)21(18,19)17(10-8-16)9-6-12-4-2-1-3-5-12/h1-5,7,11H,6,8-10,16H2. The van der Waals surface area contributed by atoms with Crippen LogP contribution in [0.4, 0.5) is 0 Å². The van der Waals surface area contributed by atoms with E-state index in [2.05, 4.69) is 15.9 Å². The number of nitrogens with two attached hydrogens (primary N) is 1. The molecule has 0 radical (unpaired) electrons. The van der Waals surface area contributed by atoms with Gasteiger partial charge in [-0.1, -0.05) is 30.3 Å². The van der Waals surface area contributed by atoms with Crippen LogP contribution in [0.3, 0.4) is 0 Å². The highest BCUT2D eigenvalue weighted by Gasteiger charge is 2.26. The minimum atomic E-state index is -3.50. The SMILES string of the molecule is NCCN(CCc1ccccc1)S(=O)(=O)c1sccc1Br. The second-order valence-electron chi connectivity index (χ2n) is 4.48. The Bertz CT molecular complexity index is 671. The Morgan fingerprint density at radius 2 is 1.86 bits per heavy atom. The maximum atomic E-state index is 12.7. The highest BCUT2D eigenvalue weighted by Crippen LogP contribution is 2.30. The fourth-order valence-corrected chi connectivity index (χ4v) is 5.88. The van der Waals surface area contributed by atoms with Crippen molar-refractivity contribution in [1.82, 2.24) is 4.31 Å². The molecule has 0 amide bonds. The molecule has 1 aromatic carbocycles. The van der Waals surface area contributed by atoms with Gasteiger partial charge in [-0.25, -0.2) is 8.42 Å². The zero-order valence-electron chi connectivity index (χ0n) is 11.4. The summed E-state index contributed by atoms with van der Waals surface area (Å²) in [5, 5.41) is 1.76. The van der Waals surface area contributed by atoms with Crippen LogP contribution in [0.5, 0.6) is 0 Å². The van der Waals surface area contributed by atoms with Crippen molar-refractivity contribution in [3.8, 4) is 0 Å². The van der Waals surface area contributed by atoms with Gasteiger partial charge in [0.2, 0.25) is 0 Å². The van der Waals surface area contributed by atoms with Gasteiger partial charge in [-0.15, -0.1) is 11.3 Å². The van der Waals surface area contributed by atoms with Gasteiger partial charge in [-0.3, -0.25) is 0 Å².